The second-order valence-corrected chi connectivity index (χ2v) is 10.5. The topological polar surface area (TPSA) is 38.7 Å². The molecule has 5 aromatic rings. The molecule has 0 aliphatic heterocycles. The van der Waals surface area contributed by atoms with E-state index in [4.69, 9.17) is 4.98 Å². The van der Waals surface area contributed by atoms with E-state index in [-0.39, 0.29) is 0 Å². The number of nitrogens with zero attached hydrogens (tertiary/aromatic N) is 3. The standard InChI is InChI=1S/C40H33N3/c1-3-14-34(35-23-24-37(30-15-7-4-8-16-30)38(27-35)31-17-9-5-10-18-31)25-29(2)33-21-13-22-36(26-33)40-42-28-41-39(43-40)32-19-11-6-12-20-32/h3-5,7-11,13-28H,2,6,12H2,1H3/b14-3-,34-25+. The molecule has 0 saturated carbocycles. The molecule has 1 aliphatic rings. The first kappa shape index (κ1) is 27.7. The Morgan fingerprint density at radius 3 is 2.14 bits per heavy atom. The van der Waals surface area contributed by atoms with E-state index in [0.29, 0.717) is 11.6 Å². The van der Waals surface area contributed by atoms with E-state index in [1.807, 2.05) is 19.1 Å². The quantitative estimate of drug-likeness (QED) is 0.179. The highest BCUT2D eigenvalue weighted by molar-refractivity contribution is 5.91. The van der Waals surface area contributed by atoms with Crippen LogP contribution < -0.4 is 0 Å². The van der Waals surface area contributed by atoms with Crippen LogP contribution in [-0.4, -0.2) is 15.0 Å². The molecule has 3 heteroatoms. The fourth-order valence-corrected chi connectivity index (χ4v) is 5.34. The number of aromatic nitrogens is 3. The molecule has 6 rings (SSSR count). The minimum Gasteiger partial charge on any atom is -0.217 e. The molecule has 0 N–H and O–H groups in total. The first-order valence-corrected chi connectivity index (χ1v) is 14.6. The van der Waals surface area contributed by atoms with Gasteiger partial charge in [0.1, 0.15) is 6.33 Å². The van der Waals surface area contributed by atoms with E-state index in [2.05, 4.69) is 144 Å². The lowest BCUT2D eigenvalue weighted by Crippen LogP contribution is -1.99. The van der Waals surface area contributed by atoms with E-state index in [0.717, 1.165) is 46.3 Å². The van der Waals surface area contributed by atoms with Gasteiger partial charge in [0.15, 0.2) is 11.6 Å². The molecule has 1 heterocycles. The van der Waals surface area contributed by atoms with Crippen molar-refractivity contribution in [2.24, 2.45) is 0 Å². The van der Waals surface area contributed by atoms with E-state index < -0.39 is 0 Å². The molecule has 0 radical (unpaired) electrons. The number of hydrogen-bond acceptors (Lipinski definition) is 3. The van der Waals surface area contributed by atoms with Gasteiger partial charge < -0.3 is 0 Å². The third-order valence-corrected chi connectivity index (χ3v) is 7.52. The van der Waals surface area contributed by atoms with Crippen LogP contribution in [0.4, 0.5) is 0 Å². The Labute approximate surface area is 254 Å². The molecule has 3 nitrogen and oxygen atoms in total. The second kappa shape index (κ2) is 13.1. The van der Waals surface area contributed by atoms with Crippen molar-refractivity contribution in [1.82, 2.24) is 15.0 Å². The summed E-state index contributed by atoms with van der Waals surface area (Å²) in [5.41, 5.74) is 10.9. The molecule has 0 atom stereocenters. The molecule has 0 fully saturated rings. The van der Waals surface area contributed by atoms with E-state index in [9.17, 15) is 0 Å². The monoisotopic (exact) mass is 555 g/mol. The summed E-state index contributed by atoms with van der Waals surface area (Å²) in [5.74, 6) is 1.36. The maximum atomic E-state index is 4.78. The zero-order valence-corrected chi connectivity index (χ0v) is 24.3. The maximum Gasteiger partial charge on any atom is 0.163 e. The van der Waals surface area contributed by atoms with Gasteiger partial charge in [-0.05, 0) is 82.5 Å². The van der Waals surface area contributed by atoms with Crippen molar-refractivity contribution in [2.45, 2.75) is 19.8 Å². The van der Waals surface area contributed by atoms with Crippen molar-refractivity contribution in [3.8, 4) is 33.6 Å². The van der Waals surface area contributed by atoms with Gasteiger partial charge in [0.2, 0.25) is 0 Å². The predicted molar refractivity (Wildman–Crippen MR) is 181 cm³/mol. The largest absolute Gasteiger partial charge is 0.217 e. The first-order valence-electron chi connectivity index (χ1n) is 14.6. The number of benzene rings is 4. The molecule has 43 heavy (non-hydrogen) atoms. The average Bonchev–Trinajstić information content (AvgIpc) is 3.09. The van der Waals surface area contributed by atoms with Crippen molar-refractivity contribution < 1.29 is 0 Å². The molecule has 4 aromatic carbocycles. The molecule has 0 bridgehead atoms. The van der Waals surface area contributed by atoms with Crippen LogP contribution in [0.25, 0.3) is 50.4 Å². The van der Waals surface area contributed by atoms with Crippen LogP contribution in [0, 0.1) is 0 Å². The van der Waals surface area contributed by atoms with Crippen molar-refractivity contribution in [3.63, 3.8) is 0 Å². The zero-order chi connectivity index (χ0) is 29.4. The van der Waals surface area contributed by atoms with E-state index in [1.165, 1.54) is 22.3 Å². The zero-order valence-electron chi connectivity index (χ0n) is 24.3. The van der Waals surface area contributed by atoms with Crippen molar-refractivity contribution in [3.05, 3.63) is 169 Å². The molecular weight excluding hydrogens is 522 g/mol. The number of rotatable bonds is 8. The molecule has 0 unspecified atom stereocenters. The second-order valence-electron chi connectivity index (χ2n) is 10.5. The van der Waals surface area contributed by atoms with Gasteiger partial charge in [-0.3, -0.25) is 0 Å². The van der Waals surface area contributed by atoms with Gasteiger partial charge in [-0.2, -0.15) is 0 Å². The SMILES string of the molecule is C=C(/C=C(\C=C/C)c1ccc(-c2ccccc2)c(-c2ccccc2)c1)c1cccc(-c2ncnc(C3=CCCC=C3)n2)c1. The smallest absolute Gasteiger partial charge is 0.163 e. The fourth-order valence-electron chi connectivity index (χ4n) is 5.34. The Kier molecular flexibility index (Phi) is 8.42. The van der Waals surface area contributed by atoms with Crippen LogP contribution in [0.15, 0.2) is 152 Å². The molecule has 1 aromatic heterocycles. The summed E-state index contributed by atoms with van der Waals surface area (Å²) in [6, 6.07) is 36.1. The van der Waals surface area contributed by atoms with Crippen molar-refractivity contribution in [2.75, 3.05) is 0 Å². The van der Waals surface area contributed by atoms with Crippen LogP contribution in [0.3, 0.4) is 0 Å². The van der Waals surface area contributed by atoms with E-state index in [1.54, 1.807) is 6.33 Å². The Bertz CT molecular complexity index is 1880. The van der Waals surface area contributed by atoms with Gasteiger partial charge in [0.25, 0.3) is 0 Å². The lowest BCUT2D eigenvalue weighted by molar-refractivity contribution is 1.00. The van der Waals surface area contributed by atoms with Crippen LogP contribution in [0.2, 0.25) is 0 Å². The predicted octanol–water partition coefficient (Wildman–Crippen LogP) is 10.3. The van der Waals surface area contributed by atoms with Gasteiger partial charge in [0, 0.05) is 11.1 Å². The lowest BCUT2D eigenvalue weighted by atomic mass is 9.90. The van der Waals surface area contributed by atoms with E-state index >= 15 is 0 Å². The highest BCUT2D eigenvalue weighted by atomic mass is 15.0. The normalized spacial score (nSPS) is 13.2. The first-order chi connectivity index (χ1) is 21.2. The summed E-state index contributed by atoms with van der Waals surface area (Å²) in [6.45, 7) is 6.51. The summed E-state index contributed by atoms with van der Waals surface area (Å²) in [5, 5.41) is 0. The third-order valence-electron chi connectivity index (χ3n) is 7.52. The lowest BCUT2D eigenvalue weighted by Gasteiger charge is -2.14. The summed E-state index contributed by atoms with van der Waals surface area (Å²) in [6.07, 6.45) is 16.5. The number of allylic oxidation sites excluding steroid dienone is 9. The molecule has 208 valence electrons. The van der Waals surface area contributed by atoms with Crippen LogP contribution >= 0.6 is 0 Å². The van der Waals surface area contributed by atoms with Crippen LogP contribution in [0.5, 0.6) is 0 Å². The summed E-state index contributed by atoms with van der Waals surface area (Å²) in [7, 11) is 0. The highest BCUT2D eigenvalue weighted by Crippen LogP contribution is 2.35. The third kappa shape index (κ3) is 6.42. The van der Waals surface area contributed by atoms with Gasteiger partial charge >= 0.3 is 0 Å². The molecule has 0 amide bonds. The maximum absolute atomic E-state index is 4.78. The highest BCUT2D eigenvalue weighted by Gasteiger charge is 2.12. The summed E-state index contributed by atoms with van der Waals surface area (Å²) >= 11 is 0. The Balaban J connectivity index is 1.35. The Morgan fingerprint density at radius 2 is 1.42 bits per heavy atom. The molecule has 1 aliphatic carbocycles. The minimum atomic E-state index is 0.654. The molecule has 0 saturated heterocycles. The Hall–Kier alpha value is -5.41. The van der Waals surface area contributed by atoms with Gasteiger partial charge in [-0.25, -0.2) is 15.0 Å². The Morgan fingerprint density at radius 1 is 0.698 bits per heavy atom. The van der Waals surface area contributed by atoms with Crippen LogP contribution in [-0.2, 0) is 0 Å². The minimum absolute atomic E-state index is 0.654. The van der Waals surface area contributed by atoms with Crippen molar-refractivity contribution in [1.29, 1.82) is 0 Å². The number of hydrogen-bond donors (Lipinski definition) is 0. The van der Waals surface area contributed by atoms with Gasteiger partial charge in [-0.1, -0.05) is 128 Å². The fraction of sp³-hybridized carbons (Fsp3) is 0.0750. The van der Waals surface area contributed by atoms with Gasteiger partial charge in [0.05, 0.1) is 0 Å². The average molecular weight is 556 g/mol. The molecule has 0 spiro atoms. The van der Waals surface area contributed by atoms with Crippen LogP contribution in [0.1, 0.15) is 36.7 Å². The summed E-state index contributed by atoms with van der Waals surface area (Å²) in [4.78, 5) is 13.7. The molecular formula is C40H33N3. The van der Waals surface area contributed by atoms with Gasteiger partial charge in [-0.15, -0.1) is 0 Å². The summed E-state index contributed by atoms with van der Waals surface area (Å²) < 4.78 is 0. The van der Waals surface area contributed by atoms with Crippen molar-refractivity contribution >= 4 is 16.7 Å².